The van der Waals surface area contributed by atoms with Crippen molar-refractivity contribution in [3.8, 4) is 0 Å². The molecule has 144 valence electrons. The first kappa shape index (κ1) is 19.0. The number of rotatable bonds is 5. The van der Waals surface area contributed by atoms with E-state index in [9.17, 15) is 13.2 Å². The molecular formula is C19H29N3O3S. The topological polar surface area (TPSA) is 78.5 Å². The lowest BCUT2D eigenvalue weighted by Crippen LogP contribution is -2.44. The van der Waals surface area contributed by atoms with Crippen molar-refractivity contribution in [1.82, 2.24) is 5.32 Å². The van der Waals surface area contributed by atoms with Gasteiger partial charge < -0.3 is 10.6 Å². The lowest BCUT2D eigenvalue weighted by atomic mass is 9.87. The van der Waals surface area contributed by atoms with Crippen molar-refractivity contribution in [2.45, 2.75) is 58.0 Å². The third-order valence-corrected chi connectivity index (χ3v) is 7.26. The molecule has 3 rings (SSSR count). The maximum absolute atomic E-state index is 12.4. The Morgan fingerprint density at radius 3 is 2.38 bits per heavy atom. The fraction of sp³-hybridized carbons (Fsp3) is 0.632. The minimum absolute atomic E-state index is 0.00995. The number of amides is 1. The van der Waals surface area contributed by atoms with Crippen LogP contribution in [0.3, 0.4) is 0 Å². The van der Waals surface area contributed by atoms with Crippen molar-refractivity contribution in [2.75, 3.05) is 21.9 Å². The standard InChI is InChI=1S/C19H29N3O3S/c1-14-4-6-17(7-5-14)21-19(23)15(2)20-16-8-10-18(11-9-16)22-12-3-13-26(22,24)25/h8-11,14-15,17,20H,3-7,12-13H2,1-2H3,(H,21,23). The van der Waals surface area contributed by atoms with Crippen LogP contribution < -0.4 is 14.9 Å². The Labute approximate surface area is 156 Å². The number of hydrogen-bond acceptors (Lipinski definition) is 4. The average molecular weight is 380 g/mol. The number of carbonyl (C=O) groups excluding carboxylic acids is 1. The van der Waals surface area contributed by atoms with E-state index in [2.05, 4.69) is 17.6 Å². The molecule has 2 N–H and O–H groups in total. The summed E-state index contributed by atoms with van der Waals surface area (Å²) in [6.07, 6.45) is 5.12. The number of anilines is 2. The van der Waals surface area contributed by atoms with Crippen LogP contribution in [0.1, 0.15) is 46.0 Å². The first-order valence-electron chi connectivity index (χ1n) is 9.52. The molecule has 1 aliphatic carbocycles. The summed E-state index contributed by atoms with van der Waals surface area (Å²) < 4.78 is 25.4. The predicted molar refractivity (Wildman–Crippen MR) is 105 cm³/mol. The Hall–Kier alpha value is -1.76. The van der Waals surface area contributed by atoms with Crippen LogP contribution in [-0.4, -0.2) is 38.7 Å². The molecule has 7 heteroatoms. The van der Waals surface area contributed by atoms with Crippen molar-refractivity contribution < 1.29 is 13.2 Å². The van der Waals surface area contributed by atoms with E-state index in [1.165, 1.54) is 17.1 Å². The number of hydrogen-bond donors (Lipinski definition) is 2. The van der Waals surface area contributed by atoms with E-state index < -0.39 is 10.0 Å². The molecule has 1 saturated carbocycles. The maximum atomic E-state index is 12.4. The molecule has 26 heavy (non-hydrogen) atoms. The van der Waals surface area contributed by atoms with Crippen molar-refractivity contribution in [3.05, 3.63) is 24.3 Å². The van der Waals surface area contributed by atoms with E-state index in [-0.39, 0.29) is 23.7 Å². The van der Waals surface area contributed by atoms with Gasteiger partial charge >= 0.3 is 0 Å². The lowest BCUT2D eigenvalue weighted by Gasteiger charge is -2.28. The number of nitrogens with zero attached hydrogens (tertiary/aromatic N) is 1. The fourth-order valence-electron chi connectivity index (χ4n) is 3.70. The Morgan fingerprint density at radius 2 is 1.81 bits per heavy atom. The zero-order chi connectivity index (χ0) is 18.7. The molecule has 0 spiro atoms. The highest BCUT2D eigenvalue weighted by atomic mass is 32.2. The molecule has 0 radical (unpaired) electrons. The second-order valence-corrected chi connectivity index (χ2v) is 9.63. The van der Waals surface area contributed by atoms with Gasteiger partial charge in [-0.25, -0.2) is 8.42 Å². The van der Waals surface area contributed by atoms with E-state index in [4.69, 9.17) is 0 Å². The molecule has 0 bridgehead atoms. The van der Waals surface area contributed by atoms with Gasteiger partial charge in [-0.3, -0.25) is 9.10 Å². The quantitative estimate of drug-likeness (QED) is 0.824. The largest absolute Gasteiger partial charge is 0.374 e. The van der Waals surface area contributed by atoms with Crippen LogP contribution in [0.5, 0.6) is 0 Å². The van der Waals surface area contributed by atoms with Gasteiger partial charge in [-0.15, -0.1) is 0 Å². The number of nitrogens with one attached hydrogen (secondary N) is 2. The fourth-order valence-corrected chi connectivity index (χ4v) is 5.26. The third kappa shape index (κ3) is 4.50. The molecule has 1 aromatic rings. The van der Waals surface area contributed by atoms with Gasteiger partial charge in [-0.05, 0) is 69.2 Å². The molecule has 2 fully saturated rings. The Balaban J connectivity index is 1.54. The molecule has 6 nitrogen and oxygen atoms in total. The van der Waals surface area contributed by atoms with Gasteiger partial charge in [0.15, 0.2) is 0 Å². The van der Waals surface area contributed by atoms with Crippen LogP contribution in [0.15, 0.2) is 24.3 Å². The van der Waals surface area contributed by atoms with E-state index >= 15 is 0 Å². The molecule has 0 aromatic heterocycles. The minimum atomic E-state index is -3.16. The first-order valence-corrected chi connectivity index (χ1v) is 11.1. The second-order valence-electron chi connectivity index (χ2n) is 7.62. The van der Waals surface area contributed by atoms with Crippen molar-refractivity contribution >= 4 is 27.3 Å². The summed E-state index contributed by atoms with van der Waals surface area (Å²) in [5, 5.41) is 6.34. The summed E-state index contributed by atoms with van der Waals surface area (Å²) in [7, 11) is -3.16. The van der Waals surface area contributed by atoms with E-state index in [1.807, 2.05) is 19.1 Å². The van der Waals surface area contributed by atoms with Gasteiger partial charge in [0, 0.05) is 18.3 Å². The van der Waals surface area contributed by atoms with Gasteiger partial charge in [-0.2, -0.15) is 0 Å². The minimum Gasteiger partial charge on any atom is -0.374 e. The van der Waals surface area contributed by atoms with E-state index in [0.29, 0.717) is 18.7 Å². The van der Waals surface area contributed by atoms with Crippen LogP contribution in [0.2, 0.25) is 0 Å². The van der Waals surface area contributed by atoms with Crippen LogP contribution >= 0.6 is 0 Å². The van der Waals surface area contributed by atoms with Gasteiger partial charge in [0.2, 0.25) is 15.9 Å². The molecule has 1 amide bonds. The predicted octanol–water partition coefficient (Wildman–Crippen LogP) is 2.72. The summed E-state index contributed by atoms with van der Waals surface area (Å²) in [6.45, 7) is 4.65. The zero-order valence-electron chi connectivity index (χ0n) is 15.6. The highest BCUT2D eigenvalue weighted by Crippen LogP contribution is 2.26. The van der Waals surface area contributed by atoms with E-state index in [1.54, 1.807) is 12.1 Å². The number of sulfonamides is 1. The average Bonchev–Trinajstić information content (AvgIpc) is 2.97. The molecule has 1 saturated heterocycles. The molecule has 1 heterocycles. The summed E-state index contributed by atoms with van der Waals surface area (Å²) in [5.41, 5.74) is 1.49. The summed E-state index contributed by atoms with van der Waals surface area (Å²) >= 11 is 0. The van der Waals surface area contributed by atoms with Gasteiger partial charge in [0.1, 0.15) is 6.04 Å². The summed E-state index contributed by atoms with van der Waals surface area (Å²) in [4.78, 5) is 12.4. The zero-order valence-corrected chi connectivity index (χ0v) is 16.4. The second kappa shape index (κ2) is 7.86. The highest BCUT2D eigenvalue weighted by molar-refractivity contribution is 7.93. The highest BCUT2D eigenvalue weighted by Gasteiger charge is 2.28. The molecule has 2 aliphatic rings. The Bertz CT molecular complexity index is 725. The maximum Gasteiger partial charge on any atom is 0.242 e. The smallest absolute Gasteiger partial charge is 0.242 e. The van der Waals surface area contributed by atoms with Gasteiger partial charge in [0.05, 0.1) is 11.4 Å². The monoisotopic (exact) mass is 379 g/mol. The molecular weight excluding hydrogens is 350 g/mol. The van der Waals surface area contributed by atoms with Gasteiger partial charge in [-0.1, -0.05) is 6.92 Å². The summed E-state index contributed by atoms with van der Waals surface area (Å²) in [5.74, 6) is 0.983. The van der Waals surface area contributed by atoms with Crippen molar-refractivity contribution in [1.29, 1.82) is 0 Å². The Morgan fingerprint density at radius 1 is 1.15 bits per heavy atom. The first-order chi connectivity index (χ1) is 12.3. The van der Waals surface area contributed by atoms with Crippen LogP contribution in [0.25, 0.3) is 0 Å². The third-order valence-electron chi connectivity index (χ3n) is 5.39. The summed E-state index contributed by atoms with van der Waals surface area (Å²) in [6, 6.07) is 7.18. The van der Waals surface area contributed by atoms with Crippen LogP contribution in [0.4, 0.5) is 11.4 Å². The SMILES string of the molecule is CC1CCC(NC(=O)C(C)Nc2ccc(N3CCCS3(=O)=O)cc2)CC1. The molecule has 1 atom stereocenters. The van der Waals surface area contributed by atoms with Crippen LogP contribution in [0, 0.1) is 5.92 Å². The molecule has 1 aromatic carbocycles. The van der Waals surface area contributed by atoms with Crippen LogP contribution in [-0.2, 0) is 14.8 Å². The normalized spacial score (nSPS) is 26.3. The van der Waals surface area contributed by atoms with Gasteiger partial charge in [0.25, 0.3) is 0 Å². The molecule has 1 aliphatic heterocycles. The van der Waals surface area contributed by atoms with Crippen molar-refractivity contribution in [2.24, 2.45) is 5.92 Å². The number of carbonyl (C=O) groups is 1. The molecule has 1 unspecified atom stereocenters. The number of benzene rings is 1. The Kier molecular flexibility index (Phi) is 5.75. The van der Waals surface area contributed by atoms with E-state index in [0.717, 1.165) is 24.4 Å². The lowest BCUT2D eigenvalue weighted by molar-refractivity contribution is -0.122. The van der Waals surface area contributed by atoms with Crippen molar-refractivity contribution in [3.63, 3.8) is 0 Å².